The number of rotatable bonds is 3. The van der Waals surface area contributed by atoms with Gasteiger partial charge in [0.05, 0.1) is 0 Å². The predicted molar refractivity (Wildman–Crippen MR) is 92.2 cm³/mol. The zero-order valence-corrected chi connectivity index (χ0v) is 15.3. The van der Waals surface area contributed by atoms with Crippen molar-refractivity contribution in [1.82, 2.24) is 5.32 Å². The molecule has 7 heteroatoms. The van der Waals surface area contributed by atoms with Crippen LogP contribution in [0.25, 0.3) is 0 Å². The molecule has 1 aliphatic rings. The summed E-state index contributed by atoms with van der Waals surface area (Å²) in [6.45, 7) is 6.57. The summed E-state index contributed by atoms with van der Waals surface area (Å²) >= 11 is 0. The number of sulfone groups is 1. The van der Waals surface area contributed by atoms with Crippen molar-refractivity contribution in [3.8, 4) is 0 Å². The van der Waals surface area contributed by atoms with Crippen LogP contribution in [-0.4, -0.2) is 26.7 Å². The maximum absolute atomic E-state index is 13.6. The largest absolute Gasteiger partial charge is 0.335 e. The number of nitrogens with one attached hydrogen (secondary N) is 2. The van der Waals surface area contributed by atoms with Crippen LogP contribution in [0.2, 0.25) is 0 Å². The molecule has 0 spiro atoms. The highest BCUT2D eigenvalue weighted by molar-refractivity contribution is 7.90. The summed E-state index contributed by atoms with van der Waals surface area (Å²) in [5, 5.41) is 5.52. The number of hydrogen-bond acceptors (Lipinski definition) is 3. The number of carbonyl (C=O) groups is 1. The van der Waals surface area contributed by atoms with Crippen molar-refractivity contribution >= 4 is 21.6 Å². The molecule has 1 fully saturated rings. The average Bonchev–Trinajstić information content (AvgIpc) is 2.42. The lowest BCUT2D eigenvalue weighted by Crippen LogP contribution is -2.46. The third-order valence-corrected chi connectivity index (χ3v) is 5.71. The summed E-state index contributed by atoms with van der Waals surface area (Å²) in [5.74, 6) is -0.467. The van der Waals surface area contributed by atoms with E-state index in [9.17, 15) is 17.6 Å². The Bertz CT molecular complexity index is 731. The van der Waals surface area contributed by atoms with Gasteiger partial charge in [-0.15, -0.1) is 0 Å². The zero-order chi connectivity index (χ0) is 18.1. The molecule has 0 saturated heterocycles. The van der Waals surface area contributed by atoms with Crippen LogP contribution in [-0.2, 0) is 9.84 Å². The summed E-state index contributed by atoms with van der Waals surface area (Å²) in [6.07, 6.45) is 3.91. The molecule has 2 N–H and O–H groups in total. The van der Waals surface area contributed by atoms with Gasteiger partial charge in [0, 0.05) is 18.0 Å². The highest BCUT2D eigenvalue weighted by atomic mass is 32.2. The number of benzene rings is 1. The first-order valence-electron chi connectivity index (χ1n) is 8.05. The number of anilines is 1. The fraction of sp³-hybridized carbons (Fsp3) is 0.588. The first-order chi connectivity index (χ1) is 11.0. The molecule has 0 heterocycles. The summed E-state index contributed by atoms with van der Waals surface area (Å²) in [6, 6.07) is 3.19. The highest BCUT2D eigenvalue weighted by Crippen LogP contribution is 2.38. The molecule has 1 aromatic rings. The van der Waals surface area contributed by atoms with Crippen LogP contribution in [0.5, 0.6) is 0 Å². The van der Waals surface area contributed by atoms with Gasteiger partial charge in [0.25, 0.3) is 0 Å². The molecule has 5 nitrogen and oxygen atoms in total. The lowest BCUT2D eigenvalue weighted by Gasteiger charge is -2.39. The Balaban J connectivity index is 2.03. The molecule has 0 bridgehead atoms. The third kappa shape index (κ3) is 4.69. The molecule has 1 aliphatic carbocycles. The maximum Gasteiger partial charge on any atom is 0.319 e. The van der Waals surface area contributed by atoms with E-state index in [2.05, 4.69) is 31.4 Å². The van der Waals surface area contributed by atoms with Crippen molar-refractivity contribution in [2.75, 3.05) is 11.6 Å². The van der Waals surface area contributed by atoms with Crippen LogP contribution in [0.3, 0.4) is 0 Å². The molecule has 0 aliphatic heterocycles. The Hall–Kier alpha value is -1.63. The summed E-state index contributed by atoms with van der Waals surface area (Å²) < 4.78 is 36.7. The second-order valence-electron chi connectivity index (χ2n) is 7.51. The van der Waals surface area contributed by atoms with Gasteiger partial charge < -0.3 is 10.6 Å². The second kappa shape index (κ2) is 6.70. The van der Waals surface area contributed by atoms with E-state index in [1.54, 1.807) is 0 Å². The minimum atomic E-state index is -3.69. The first kappa shape index (κ1) is 18.7. The van der Waals surface area contributed by atoms with Gasteiger partial charge in [0.2, 0.25) is 0 Å². The Morgan fingerprint density at radius 1 is 1.33 bits per heavy atom. The molecule has 2 rings (SSSR count). The lowest BCUT2D eigenvalue weighted by molar-refractivity contribution is 0.152. The topological polar surface area (TPSA) is 75.3 Å². The number of carbonyl (C=O) groups excluding carboxylic acids is 1. The van der Waals surface area contributed by atoms with Gasteiger partial charge >= 0.3 is 6.03 Å². The zero-order valence-electron chi connectivity index (χ0n) is 14.5. The summed E-state index contributed by atoms with van der Waals surface area (Å²) in [4.78, 5) is 11.7. The first-order valence-corrected chi connectivity index (χ1v) is 9.94. The van der Waals surface area contributed by atoms with E-state index >= 15 is 0 Å². The van der Waals surface area contributed by atoms with Crippen molar-refractivity contribution < 1.29 is 17.6 Å². The van der Waals surface area contributed by atoms with Gasteiger partial charge in [-0.1, -0.05) is 20.8 Å². The van der Waals surface area contributed by atoms with Crippen molar-refractivity contribution in [3.63, 3.8) is 0 Å². The van der Waals surface area contributed by atoms with E-state index < -0.39 is 26.6 Å². The fourth-order valence-corrected chi connectivity index (χ4v) is 4.13. The second-order valence-corrected chi connectivity index (χ2v) is 9.49. The van der Waals surface area contributed by atoms with E-state index in [0.29, 0.717) is 5.92 Å². The van der Waals surface area contributed by atoms with Gasteiger partial charge in [-0.05, 0) is 48.8 Å². The van der Waals surface area contributed by atoms with Crippen molar-refractivity contribution in [3.05, 3.63) is 24.0 Å². The van der Waals surface area contributed by atoms with Crippen molar-refractivity contribution in [1.29, 1.82) is 0 Å². The standard InChI is InChI=1S/C17H25FN2O3S/c1-11-10-17(2,3)8-7-14(11)20-16(21)19-12-5-6-13(18)15(9-12)24(4,22)23/h5-6,9,11,14H,7-8,10H2,1-4H3,(H2,19,20,21). The quantitative estimate of drug-likeness (QED) is 0.869. The van der Waals surface area contributed by atoms with Crippen LogP contribution >= 0.6 is 0 Å². The highest BCUT2D eigenvalue weighted by Gasteiger charge is 2.33. The fourth-order valence-electron chi connectivity index (χ4n) is 3.36. The Kier molecular flexibility index (Phi) is 5.22. The normalized spacial score (nSPS) is 23.5. The van der Waals surface area contributed by atoms with E-state index in [1.807, 2.05) is 0 Å². The van der Waals surface area contributed by atoms with Crippen molar-refractivity contribution in [2.24, 2.45) is 11.3 Å². The third-order valence-electron chi connectivity index (χ3n) is 4.60. The number of halogens is 1. The minimum absolute atomic E-state index is 0.0767. The number of urea groups is 1. The Labute approximate surface area is 142 Å². The van der Waals surface area contributed by atoms with Crippen molar-refractivity contribution in [2.45, 2.75) is 51.0 Å². The van der Waals surface area contributed by atoms with Crippen LogP contribution in [0.1, 0.15) is 40.0 Å². The lowest BCUT2D eigenvalue weighted by atomic mass is 9.70. The number of amides is 2. The minimum Gasteiger partial charge on any atom is -0.335 e. The van der Waals surface area contributed by atoms with Crippen LogP contribution in [0, 0.1) is 17.2 Å². The Morgan fingerprint density at radius 2 is 2.00 bits per heavy atom. The molecular weight excluding hydrogens is 331 g/mol. The van der Waals surface area contributed by atoms with Crippen LogP contribution in [0.4, 0.5) is 14.9 Å². The monoisotopic (exact) mass is 356 g/mol. The molecule has 0 aromatic heterocycles. The molecule has 2 unspecified atom stereocenters. The van der Waals surface area contributed by atoms with Gasteiger partial charge in [-0.25, -0.2) is 17.6 Å². The van der Waals surface area contributed by atoms with E-state index in [0.717, 1.165) is 37.7 Å². The molecular formula is C17H25FN2O3S. The Morgan fingerprint density at radius 3 is 2.58 bits per heavy atom. The summed E-state index contributed by atoms with van der Waals surface area (Å²) in [5.41, 5.74) is 0.535. The van der Waals surface area contributed by atoms with Crippen LogP contribution < -0.4 is 10.6 Å². The van der Waals surface area contributed by atoms with E-state index in [-0.39, 0.29) is 17.1 Å². The molecule has 134 valence electrons. The van der Waals surface area contributed by atoms with Gasteiger partial charge in [-0.2, -0.15) is 0 Å². The predicted octanol–water partition coefficient (Wildman–Crippen LogP) is 3.57. The van der Waals surface area contributed by atoms with E-state index in [4.69, 9.17) is 0 Å². The van der Waals surface area contributed by atoms with Gasteiger partial charge in [0.1, 0.15) is 10.7 Å². The smallest absolute Gasteiger partial charge is 0.319 e. The number of hydrogen-bond donors (Lipinski definition) is 2. The maximum atomic E-state index is 13.6. The summed E-state index contributed by atoms with van der Waals surface area (Å²) in [7, 11) is -3.69. The molecule has 1 saturated carbocycles. The molecule has 2 amide bonds. The molecule has 1 aromatic carbocycles. The van der Waals surface area contributed by atoms with Gasteiger partial charge in [-0.3, -0.25) is 0 Å². The average molecular weight is 356 g/mol. The van der Waals surface area contributed by atoms with E-state index in [1.165, 1.54) is 6.07 Å². The molecule has 2 atom stereocenters. The van der Waals surface area contributed by atoms with Crippen LogP contribution in [0.15, 0.2) is 23.1 Å². The van der Waals surface area contributed by atoms with Gasteiger partial charge in [0.15, 0.2) is 9.84 Å². The molecule has 24 heavy (non-hydrogen) atoms. The molecule has 0 radical (unpaired) electrons. The SMILES string of the molecule is CC1CC(C)(C)CCC1NC(=O)Nc1ccc(F)c(S(C)(=O)=O)c1.